The van der Waals surface area contributed by atoms with E-state index >= 15 is 0 Å². The molecule has 0 spiro atoms. The molecule has 3 aromatic heterocycles. The van der Waals surface area contributed by atoms with Crippen molar-refractivity contribution in [2.45, 2.75) is 59.2 Å². The maximum Gasteiger partial charge on any atom is 0.145 e. The van der Waals surface area contributed by atoms with E-state index in [4.69, 9.17) is 9.98 Å². The molecule has 0 amide bonds. The van der Waals surface area contributed by atoms with Gasteiger partial charge in [0.05, 0.1) is 22.6 Å². The first-order valence-corrected chi connectivity index (χ1v) is 19.9. The summed E-state index contributed by atoms with van der Waals surface area (Å²) in [4.78, 5) is 13.1. The highest BCUT2D eigenvalue weighted by molar-refractivity contribution is 6.12. The van der Waals surface area contributed by atoms with Crippen LogP contribution in [0.3, 0.4) is 0 Å². The van der Waals surface area contributed by atoms with Gasteiger partial charge in [0.15, 0.2) is 0 Å². The van der Waals surface area contributed by atoms with Gasteiger partial charge in [-0.25, -0.2) is 4.98 Å². The predicted octanol–water partition coefficient (Wildman–Crippen LogP) is 12.4. The summed E-state index contributed by atoms with van der Waals surface area (Å²) in [5, 5.41) is 4.91. The molecule has 0 saturated carbocycles. The van der Waals surface area contributed by atoms with Gasteiger partial charge in [-0.15, -0.1) is 0 Å². The van der Waals surface area contributed by atoms with Crippen molar-refractivity contribution in [1.82, 2.24) is 19.0 Å². The van der Waals surface area contributed by atoms with Gasteiger partial charge in [0, 0.05) is 51.2 Å². The number of aryl methyl sites for hydroxylation is 3. The molecule has 2 aliphatic heterocycles. The first-order chi connectivity index (χ1) is 27.3. The summed E-state index contributed by atoms with van der Waals surface area (Å²) in [5.74, 6) is 1.52. The highest BCUT2D eigenvalue weighted by atomic mass is 15.3. The number of hydrogen-bond donors (Lipinski definition) is 0. The molecule has 5 heteroatoms. The average Bonchev–Trinajstić information content (AvgIpc) is 3.95. The average molecular weight is 726 g/mol. The second-order valence-corrected chi connectivity index (χ2v) is 16.2. The number of fused-ring (bicyclic) bond motifs is 9. The fraction of sp³-hybridized carbons (Fsp3) is 0.176. The van der Waals surface area contributed by atoms with Crippen LogP contribution in [0.4, 0.5) is 0 Å². The molecule has 0 bridgehead atoms. The summed E-state index contributed by atoms with van der Waals surface area (Å²) in [6.45, 7) is 12.1. The van der Waals surface area contributed by atoms with Crippen LogP contribution >= 0.6 is 0 Å². The third kappa shape index (κ3) is 4.80. The van der Waals surface area contributed by atoms with E-state index < -0.39 is 0 Å². The van der Waals surface area contributed by atoms with Crippen LogP contribution in [0.2, 0.25) is 0 Å². The summed E-state index contributed by atoms with van der Waals surface area (Å²) in [7, 11) is 0. The quantitative estimate of drug-likeness (QED) is 0.177. The number of rotatable bonds is 5. The van der Waals surface area contributed by atoms with Gasteiger partial charge in [0.2, 0.25) is 0 Å². The zero-order valence-corrected chi connectivity index (χ0v) is 32.5. The molecular formula is C51H43N5. The molecule has 272 valence electrons. The van der Waals surface area contributed by atoms with E-state index in [9.17, 15) is 0 Å². The van der Waals surface area contributed by atoms with Gasteiger partial charge in [-0.2, -0.15) is 0 Å². The number of amidine groups is 1. The van der Waals surface area contributed by atoms with E-state index in [1.54, 1.807) is 0 Å². The fourth-order valence-electron chi connectivity index (χ4n) is 9.70. The van der Waals surface area contributed by atoms with Crippen LogP contribution in [0, 0.1) is 20.8 Å². The molecule has 9 aromatic rings. The SMILES string of the molecule is Cc1ccc2c(c1)c1ccc(-n3c4ccc(C(C)C)cc4c4cccnc43)cc1n2-c1cc(C2=N[C@H](c3ccccc3)[C@@H]3c4ccccc4CN23)c(C)cc1C. The first-order valence-electron chi connectivity index (χ1n) is 19.9. The molecule has 2 aliphatic rings. The van der Waals surface area contributed by atoms with Gasteiger partial charge in [-0.05, 0) is 115 Å². The van der Waals surface area contributed by atoms with Gasteiger partial charge in [0.1, 0.15) is 17.5 Å². The minimum absolute atomic E-state index is 0.0224. The van der Waals surface area contributed by atoms with Gasteiger partial charge in [-0.1, -0.05) is 98.3 Å². The lowest BCUT2D eigenvalue weighted by molar-refractivity contribution is 0.341. The van der Waals surface area contributed by atoms with E-state index in [-0.39, 0.29) is 12.1 Å². The molecule has 0 fully saturated rings. The number of aliphatic imine (C=N–C) groups is 1. The third-order valence-electron chi connectivity index (χ3n) is 12.4. The normalized spacial score (nSPS) is 16.5. The zero-order valence-electron chi connectivity index (χ0n) is 32.5. The standard InChI is InChI=1S/C51H43N5/c1-30(2)35-18-22-44-43(26-35)40-16-11-23-52-50(40)55(44)37-19-20-39-42-24-31(3)17-21-45(42)56(47(39)27-37)46-28-41(32(4)25-33(46)5)51-53-48(34-12-7-6-8-13-34)49-38-15-10-9-14-36(38)29-54(49)51/h6-28,30,48-49H,29H2,1-5H3/t48-,49+/m1/s1. The molecule has 6 aromatic carbocycles. The lowest BCUT2D eigenvalue weighted by Gasteiger charge is -2.25. The largest absolute Gasteiger partial charge is 0.342 e. The van der Waals surface area contributed by atoms with Crippen LogP contribution in [0.15, 0.2) is 145 Å². The van der Waals surface area contributed by atoms with Crippen molar-refractivity contribution >= 4 is 49.6 Å². The van der Waals surface area contributed by atoms with Crippen molar-refractivity contribution in [3.63, 3.8) is 0 Å². The van der Waals surface area contributed by atoms with Crippen molar-refractivity contribution in [2.24, 2.45) is 4.99 Å². The predicted molar refractivity (Wildman–Crippen MR) is 232 cm³/mol. The van der Waals surface area contributed by atoms with Gasteiger partial charge in [0.25, 0.3) is 0 Å². The van der Waals surface area contributed by atoms with Crippen LogP contribution < -0.4 is 0 Å². The lowest BCUT2D eigenvalue weighted by atomic mass is 9.94. The minimum Gasteiger partial charge on any atom is -0.342 e. The minimum atomic E-state index is 0.0224. The van der Waals surface area contributed by atoms with Crippen molar-refractivity contribution in [3.05, 3.63) is 184 Å². The van der Waals surface area contributed by atoms with E-state index in [1.165, 1.54) is 88.3 Å². The van der Waals surface area contributed by atoms with Gasteiger partial charge >= 0.3 is 0 Å². The Morgan fingerprint density at radius 1 is 0.625 bits per heavy atom. The highest BCUT2D eigenvalue weighted by Crippen LogP contribution is 2.49. The van der Waals surface area contributed by atoms with Crippen LogP contribution in [-0.4, -0.2) is 24.9 Å². The summed E-state index contributed by atoms with van der Waals surface area (Å²) < 4.78 is 4.83. The maximum absolute atomic E-state index is 5.61. The smallest absolute Gasteiger partial charge is 0.145 e. The molecule has 0 aliphatic carbocycles. The van der Waals surface area contributed by atoms with Crippen molar-refractivity contribution in [1.29, 1.82) is 0 Å². The number of nitrogens with zero attached hydrogens (tertiary/aromatic N) is 5. The van der Waals surface area contributed by atoms with Crippen LogP contribution in [-0.2, 0) is 6.54 Å². The molecule has 0 radical (unpaired) electrons. The fourth-order valence-corrected chi connectivity index (χ4v) is 9.70. The third-order valence-corrected chi connectivity index (χ3v) is 12.4. The second-order valence-electron chi connectivity index (χ2n) is 16.2. The van der Waals surface area contributed by atoms with Crippen molar-refractivity contribution in [2.75, 3.05) is 0 Å². The van der Waals surface area contributed by atoms with E-state index in [1.807, 2.05) is 6.20 Å². The zero-order chi connectivity index (χ0) is 37.8. The van der Waals surface area contributed by atoms with Crippen molar-refractivity contribution in [3.8, 4) is 11.4 Å². The van der Waals surface area contributed by atoms with Crippen molar-refractivity contribution < 1.29 is 0 Å². The summed E-state index contributed by atoms with van der Waals surface area (Å²) in [6, 6.07) is 49.7. The Bertz CT molecular complexity index is 3090. The molecule has 0 N–H and O–H groups in total. The van der Waals surface area contributed by atoms with E-state index in [0.717, 1.165) is 23.7 Å². The Morgan fingerprint density at radius 3 is 2.27 bits per heavy atom. The molecular weight excluding hydrogens is 683 g/mol. The Kier molecular flexibility index (Phi) is 7.22. The number of pyridine rings is 1. The summed E-state index contributed by atoms with van der Waals surface area (Å²) >= 11 is 0. The molecule has 56 heavy (non-hydrogen) atoms. The second kappa shape index (κ2) is 12.3. The van der Waals surface area contributed by atoms with Crippen LogP contribution in [0.5, 0.6) is 0 Å². The summed E-state index contributed by atoms with van der Waals surface area (Å²) in [5.41, 5.74) is 17.1. The van der Waals surface area contributed by atoms with Crippen LogP contribution in [0.25, 0.3) is 55.1 Å². The molecule has 5 heterocycles. The van der Waals surface area contributed by atoms with Gasteiger partial charge in [-0.3, -0.25) is 9.56 Å². The first kappa shape index (κ1) is 32.9. The number of hydrogen-bond acceptors (Lipinski definition) is 3. The molecule has 0 unspecified atom stereocenters. The Morgan fingerprint density at radius 2 is 1.41 bits per heavy atom. The summed E-state index contributed by atoms with van der Waals surface area (Å²) in [6.07, 6.45) is 1.91. The Labute approximate surface area is 327 Å². The highest BCUT2D eigenvalue weighted by Gasteiger charge is 2.44. The van der Waals surface area contributed by atoms with Gasteiger partial charge < -0.3 is 9.47 Å². The molecule has 11 rings (SSSR count). The molecule has 2 atom stereocenters. The van der Waals surface area contributed by atoms with Crippen LogP contribution in [0.1, 0.15) is 76.4 Å². The topological polar surface area (TPSA) is 38.4 Å². The Hall–Kier alpha value is -6.46. The number of aromatic nitrogens is 3. The molecule has 0 saturated heterocycles. The Balaban J connectivity index is 1.14. The lowest BCUT2D eigenvalue weighted by Crippen LogP contribution is -2.27. The molecule has 5 nitrogen and oxygen atoms in total. The maximum atomic E-state index is 5.61. The number of benzene rings is 6. The van der Waals surface area contributed by atoms with E-state index in [2.05, 4.69) is 182 Å². The monoisotopic (exact) mass is 725 g/mol. The van der Waals surface area contributed by atoms with E-state index in [0.29, 0.717) is 5.92 Å².